The average molecular weight is 367 g/mol. The third-order valence-corrected chi connectivity index (χ3v) is 4.42. The van der Waals surface area contributed by atoms with E-state index in [0.29, 0.717) is 19.8 Å². The molecule has 0 spiro atoms. The topological polar surface area (TPSA) is 32.7 Å². The van der Waals surface area contributed by atoms with Gasteiger partial charge in [-0.05, 0) is 35.2 Å². The highest BCUT2D eigenvalue weighted by Gasteiger charge is 2.18. The lowest BCUT2D eigenvalue weighted by Crippen LogP contribution is -3.00. The van der Waals surface area contributed by atoms with Crippen LogP contribution in [0, 0.1) is 0 Å². The Hall–Kier alpha value is -1.10. The fourth-order valence-corrected chi connectivity index (χ4v) is 3.08. The number of nitrogens with zero attached hydrogens (tertiary/aromatic N) is 1. The van der Waals surface area contributed by atoms with E-state index in [4.69, 9.17) is 16.3 Å². The van der Waals surface area contributed by atoms with E-state index in [2.05, 4.69) is 29.2 Å². The van der Waals surface area contributed by atoms with E-state index in [1.807, 2.05) is 24.3 Å². The molecule has 130 valence electrons. The van der Waals surface area contributed by atoms with Crippen molar-refractivity contribution in [3.05, 3.63) is 70.2 Å². The molecule has 1 atom stereocenters. The van der Waals surface area contributed by atoms with Crippen molar-refractivity contribution >= 4 is 11.6 Å². The number of halogens is 2. The fourth-order valence-electron chi connectivity index (χ4n) is 2.95. The van der Waals surface area contributed by atoms with E-state index in [9.17, 15) is 5.11 Å². The first-order valence-electron chi connectivity index (χ1n) is 8.00. The lowest BCUT2D eigenvalue weighted by atomic mass is 10.00. The van der Waals surface area contributed by atoms with E-state index in [1.54, 1.807) is 0 Å². The first-order chi connectivity index (χ1) is 11.2. The zero-order valence-electron chi connectivity index (χ0n) is 13.5. The molecule has 0 saturated heterocycles. The number of ether oxygens (including phenoxy) is 1. The maximum absolute atomic E-state index is 10.2. The maximum Gasteiger partial charge on any atom is 0.0900 e. The summed E-state index contributed by atoms with van der Waals surface area (Å²) >= 11 is 5.85. The molecule has 2 aromatic rings. The van der Waals surface area contributed by atoms with Gasteiger partial charge in [0.05, 0.1) is 19.3 Å². The number of hydrogen-bond acceptors (Lipinski definition) is 3. The van der Waals surface area contributed by atoms with Crippen LogP contribution in [0.25, 0.3) is 0 Å². The van der Waals surface area contributed by atoms with E-state index < -0.39 is 6.10 Å². The van der Waals surface area contributed by atoms with Gasteiger partial charge in [0.25, 0.3) is 0 Å². The molecule has 1 N–H and O–H groups in total. The van der Waals surface area contributed by atoms with E-state index in [0.717, 1.165) is 30.1 Å². The second-order valence-electron chi connectivity index (χ2n) is 6.05. The largest absolute Gasteiger partial charge is 1.00 e. The van der Waals surface area contributed by atoms with Crippen LogP contribution in [0.5, 0.6) is 0 Å². The molecular formula is C19H22Cl2NO2-. The summed E-state index contributed by atoms with van der Waals surface area (Å²) in [5, 5.41) is 10.9. The molecule has 24 heavy (non-hydrogen) atoms. The van der Waals surface area contributed by atoms with Gasteiger partial charge < -0.3 is 22.3 Å². The van der Waals surface area contributed by atoms with Crippen molar-refractivity contribution < 1.29 is 22.3 Å². The Bertz CT molecular complexity index is 634. The summed E-state index contributed by atoms with van der Waals surface area (Å²) in [7, 11) is 0. The van der Waals surface area contributed by atoms with Gasteiger partial charge in [0.1, 0.15) is 0 Å². The van der Waals surface area contributed by atoms with Crippen LogP contribution in [-0.4, -0.2) is 35.8 Å². The van der Waals surface area contributed by atoms with Crippen molar-refractivity contribution in [1.29, 1.82) is 0 Å². The number of benzene rings is 2. The molecule has 1 heterocycles. The van der Waals surface area contributed by atoms with Crippen LogP contribution in [0.15, 0.2) is 48.5 Å². The number of aliphatic hydroxyl groups is 1. The minimum Gasteiger partial charge on any atom is -1.00 e. The van der Waals surface area contributed by atoms with E-state index >= 15 is 0 Å². The molecule has 1 aliphatic heterocycles. The Morgan fingerprint density at radius 1 is 1.08 bits per heavy atom. The third kappa shape index (κ3) is 5.47. The summed E-state index contributed by atoms with van der Waals surface area (Å²) < 4.78 is 5.61. The van der Waals surface area contributed by atoms with Crippen LogP contribution >= 0.6 is 11.6 Å². The van der Waals surface area contributed by atoms with Crippen LogP contribution in [-0.2, 0) is 24.3 Å². The average Bonchev–Trinajstić information content (AvgIpc) is 2.56. The second kappa shape index (κ2) is 9.40. The Morgan fingerprint density at radius 2 is 1.79 bits per heavy atom. The Morgan fingerprint density at radius 3 is 2.54 bits per heavy atom. The molecule has 0 aromatic heterocycles. The van der Waals surface area contributed by atoms with Gasteiger partial charge in [-0.2, -0.15) is 0 Å². The summed E-state index contributed by atoms with van der Waals surface area (Å²) in [6.45, 7) is 3.39. The standard InChI is InChI=1S/C19H22ClNO2.ClH/c20-18-7-5-15(6-8-18)13-23-14-19(22)12-21-10-9-16-3-1-2-4-17(16)11-21;/h1-8,19,22H,9-14H2;1H/p-1. The van der Waals surface area contributed by atoms with Crippen molar-refractivity contribution in [3.8, 4) is 0 Å². The molecule has 0 radical (unpaired) electrons. The number of hydrogen-bond donors (Lipinski definition) is 1. The molecule has 0 bridgehead atoms. The van der Waals surface area contributed by atoms with Crippen molar-refractivity contribution in [2.24, 2.45) is 0 Å². The molecule has 0 amide bonds. The van der Waals surface area contributed by atoms with Crippen LogP contribution in [0.3, 0.4) is 0 Å². The van der Waals surface area contributed by atoms with Crippen molar-refractivity contribution in [1.82, 2.24) is 4.90 Å². The van der Waals surface area contributed by atoms with Crippen molar-refractivity contribution in [2.75, 3.05) is 19.7 Å². The molecule has 1 aliphatic rings. The summed E-state index contributed by atoms with van der Waals surface area (Å²) in [6, 6.07) is 16.1. The first kappa shape index (κ1) is 19.2. The quantitative estimate of drug-likeness (QED) is 0.796. The third-order valence-electron chi connectivity index (χ3n) is 4.17. The number of β-amino-alcohol motifs (C(OH)–C–C–N with tert-alkyl or cyclic N) is 1. The molecular weight excluding hydrogens is 345 g/mol. The molecule has 3 rings (SSSR count). The van der Waals surface area contributed by atoms with Crippen molar-refractivity contribution in [2.45, 2.75) is 25.7 Å². The van der Waals surface area contributed by atoms with Crippen LogP contribution in [0.1, 0.15) is 16.7 Å². The monoisotopic (exact) mass is 366 g/mol. The van der Waals surface area contributed by atoms with E-state index in [1.165, 1.54) is 11.1 Å². The van der Waals surface area contributed by atoms with Gasteiger partial charge in [0.15, 0.2) is 0 Å². The van der Waals surface area contributed by atoms with Gasteiger partial charge in [-0.15, -0.1) is 0 Å². The summed E-state index contributed by atoms with van der Waals surface area (Å²) in [6.07, 6.45) is 0.585. The maximum atomic E-state index is 10.2. The SMILES string of the molecule is OC(COCc1ccc(Cl)cc1)CN1CCc2ccccc2C1.[Cl-]. The van der Waals surface area contributed by atoms with Gasteiger partial charge in [-0.25, -0.2) is 0 Å². The zero-order chi connectivity index (χ0) is 16.1. The molecule has 3 nitrogen and oxygen atoms in total. The van der Waals surface area contributed by atoms with Gasteiger partial charge in [0.2, 0.25) is 0 Å². The first-order valence-corrected chi connectivity index (χ1v) is 8.38. The van der Waals surface area contributed by atoms with E-state index in [-0.39, 0.29) is 12.4 Å². The molecule has 2 aromatic carbocycles. The molecule has 0 aliphatic carbocycles. The molecule has 5 heteroatoms. The lowest BCUT2D eigenvalue weighted by molar-refractivity contribution is -0.0000120. The highest BCUT2D eigenvalue weighted by atomic mass is 35.5. The van der Waals surface area contributed by atoms with Gasteiger partial charge in [0, 0.05) is 24.7 Å². The number of fused-ring (bicyclic) bond motifs is 1. The van der Waals surface area contributed by atoms with Crippen LogP contribution in [0.4, 0.5) is 0 Å². The summed E-state index contributed by atoms with van der Waals surface area (Å²) in [4.78, 5) is 2.29. The Kier molecular flexibility index (Phi) is 7.53. The number of aliphatic hydroxyl groups excluding tert-OH is 1. The Balaban J connectivity index is 0.00000208. The Labute approximate surface area is 154 Å². The summed E-state index contributed by atoms with van der Waals surface area (Å²) in [5.41, 5.74) is 3.86. The predicted molar refractivity (Wildman–Crippen MR) is 92.5 cm³/mol. The van der Waals surface area contributed by atoms with Gasteiger partial charge in [-0.1, -0.05) is 48.0 Å². The minimum absolute atomic E-state index is 0. The van der Waals surface area contributed by atoms with Gasteiger partial charge >= 0.3 is 0 Å². The number of rotatable bonds is 6. The highest BCUT2D eigenvalue weighted by molar-refractivity contribution is 6.30. The second-order valence-corrected chi connectivity index (χ2v) is 6.49. The van der Waals surface area contributed by atoms with Crippen LogP contribution < -0.4 is 12.4 Å². The lowest BCUT2D eigenvalue weighted by Gasteiger charge is -2.30. The predicted octanol–water partition coefficient (Wildman–Crippen LogP) is 0.280. The zero-order valence-corrected chi connectivity index (χ0v) is 15.0. The molecule has 0 saturated carbocycles. The van der Waals surface area contributed by atoms with Gasteiger partial charge in [-0.3, -0.25) is 4.90 Å². The normalized spacial score (nSPS) is 15.4. The molecule has 0 fully saturated rings. The van der Waals surface area contributed by atoms with Crippen LogP contribution in [0.2, 0.25) is 5.02 Å². The smallest absolute Gasteiger partial charge is 0.0900 e. The van der Waals surface area contributed by atoms with Crippen molar-refractivity contribution in [3.63, 3.8) is 0 Å². The summed E-state index contributed by atoms with van der Waals surface area (Å²) in [5.74, 6) is 0. The fraction of sp³-hybridized carbons (Fsp3) is 0.368. The minimum atomic E-state index is -0.465. The highest BCUT2D eigenvalue weighted by Crippen LogP contribution is 2.18. The molecule has 1 unspecified atom stereocenters.